The summed E-state index contributed by atoms with van der Waals surface area (Å²) in [5.41, 5.74) is 0. The Morgan fingerprint density at radius 1 is 1.25 bits per heavy atom. The minimum atomic E-state index is -4.64. The van der Waals surface area contributed by atoms with Crippen molar-refractivity contribution in [2.75, 3.05) is 0 Å². The Hall–Kier alpha value is 1.36. The Balaban J connectivity index is -0.0000000133. The minimum absolute atomic E-state index is 0. The molecule has 0 saturated heterocycles. The molecular weight excluding hydrogens is 167 g/mol. The molecule has 0 amide bonds. The summed E-state index contributed by atoms with van der Waals surface area (Å²) in [5.74, 6) is 0. The fraction of sp³-hybridized carbons (Fsp3) is 0. The van der Waals surface area contributed by atoms with Crippen molar-refractivity contribution in [2.45, 2.75) is 0 Å². The second-order valence-corrected chi connectivity index (χ2v) is 1.54. The largest absolute Gasteiger partial charge is 1.00 e. The van der Waals surface area contributed by atoms with Crippen molar-refractivity contribution in [1.29, 1.82) is 0 Å². The molecule has 0 saturated carbocycles. The number of hydrogen-bond acceptors (Lipinski definition) is 2. The molecule has 50 valence electrons. The first-order valence-corrected chi connectivity index (χ1v) is 2.35. The summed E-state index contributed by atoms with van der Waals surface area (Å²) in [7, 11) is -4.64. The molecule has 8 heteroatoms. The molecule has 0 unspecified atom stereocenters. The maximum absolute atomic E-state index is 8.88. The molecule has 0 aliphatic rings. The van der Waals surface area contributed by atoms with Gasteiger partial charge in [0.05, 0.1) is 0 Å². The Kier molecular flexibility index (Phi) is 23.8. The van der Waals surface area contributed by atoms with Crippen LogP contribution >= 0.6 is 20.2 Å². The Morgan fingerprint density at radius 3 is 1.25 bits per heavy atom. The van der Waals surface area contributed by atoms with Crippen LogP contribution in [0.15, 0.2) is 0 Å². The molecule has 0 aromatic rings. The third kappa shape index (κ3) is 161. The van der Waals surface area contributed by atoms with E-state index >= 15 is 0 Å². The summed E-state index contributed by atoms with van der Waals surface area (Å²) < 4.78 is 8.88. The van der Waals surface area contributed by atoms with Crippen molar-refractivity contribution in [3.05, 3.63) is 0 Å². The molecule has 0 fully saturated rings. The van der Waals surface area contributed by atoms with Crippen molar-refractivity contribution in [3.8, 4) is 0 Å². The van der Waals surface area contributed by atoms with Crippen molar-refractivity contribution >= 4 is 20.2 Å². The molecule has 0 aromatic carbocycles. The Labute approximate surface area is 76.5 Å². The van der Waals surface area contributed by atoms with Gasteiger partial charge in [0.1, 0.15) is 0 Å². The standard InChI is InChI=1S/ClH.H3N.Na.H3O4P.H/c;;;1-5(2,3)4;/h1H;1H3;;(H3,1,2,3,4);/q;;+1;;-1. The number of hydrogen-bond donors (Lipinski definition) is 4. The Morgan fingerprint density at radius 2 is 1.25 bits per heavy atom. The van der Waals surface area contributed by atoms with Gasteiger partial charge in [0.15, 0.2) is 0 Å². The average molecular weight is 175 g/mol. The van der Waals surface area contributed by atoms with E-state index in [1.54, 1.807) is 0 Å². The van der Waals surface area contributed by atoms with Gasteiger partial charge in [0.2, 0.25) is 0 Å². The predicted molar refractivity (Wildman–Crippen MR) is 27.6 cm³/mol. The zero-order valence-corrected chi connectivity index (χ0v) is 8.02. The van der Waals surface area contributed by atoms with Crippen LogP contribution in [0.2, 0.25) is 0 Å². The van der Waals surface area contributed by atoms with Crippen LogP contribution in [0.1, 0.15) is 1.43 Å². The van der Waals surface area contributed by atoms with Crippen LogP contribution in [0, 0.1) is 0 Å². The molecule has 0 spiro atoms. The normalized spacial score (nSPS) is 7.38. The van der Waals surface area contributed by atoms with Gasteiger partial charge in [0.25, 0.3) is 0 Å². The van der Waals surface area contributed by atoms with Gasteiger partial charge in [-0.3, -0.25) is 0 Å². The SMILES string of the molecule is Cl.N.O=P(O)(O)O.[H-].[Na+]. The zero-order chi connectivity index (χ0) is 4.50. The third-order valence-corrected chi connectivity index (χ3v) is 0. The molecule has 8 heavy (non-hydrogen) atoms. The number of phosphoric acid groups is 1. The average Bonchev–Trinajstić information content (AvgIpc) is 0.722. The molecule has 5 nitrogen and oxygen atoms in total. The molecule has 0 aliphatic carbocycles. The smallest absolute Gasteiger partial charge is 1.00 e. The van der Waals surface area contributed by atoms with E-state index < -0.39 is 7.82 Å². The van der Waals surface area contributed by atoms with Gasteiger partial charge >= 0.3 is 37.4 Å². The van der Waals surface area contributed by atoms with Gasteiger partial charge in [-0.1, -0.05) is 0 Å². The summed E-state index contributed by atoms with van der Waals surface area (Å²) in [4.78, 5) is 21.6. The van der Waals surface area contributed by atoms with E-state index in [1.807, 2.05) is 0 Å². The minimum Gasteiger partial charge on any atom is -1.00 e. The van der Waals surface area contributed by atoms with Crippen molar-refractivity contribution < 1.29 is 50.2 Å². The van der Waals surface area contributed by atoms with Crippen LogP contribution in [0.5, 0.6) is 0 Å². The zero-order valence-electron chi connectivity index (χ0n) is 5.31. The second-order valence-electron chi connectivity index (χ2n) is 0.513. The van der Waals surface area contributed by atoms with E-state index in [9.17, 15) is 0 Å². The molecular formula is H8ClNNaO4P. The maximum Gasteiger partial charge on any atom is 1.00 e. The monoisotopic (exact) mass is 175 g/mol. The fourth-order valence-electron chi connectivity index (χ4n) is 0. The Bertz CT molecular complexity index is 66.7. The molecule has 0 aromatic heterocycles. The van der Waals surface area contributed by atoms with Gasteiger partial charge in [-0.15, -0.1) is 12.4 Å². The van der Waals surface area contributed by atoms with Crippen LogP contribution in [0.3, 0.4) is 0 Å². The first kappa shape index (κ1) is 22.8. The summed E-state index contributed by atoms with van der Waals surface area (Å²) >= 11 is 0. The molecule has 0 radical (unpaired) electrons. The van der Waals surface area contributed by atoms with E-state index in [-0.39, 0.29) is 49.5 Å². The molecule has 0 atom stereocenters. The summed E-state index contributed by atoms with van der Waals surface area (Å²) in [5, 5.41) is 0. The van der Waals surface area contributed by atoms with Crippen LogP contribution in [0.4, 0.5) is 0 Å². The summed E-state index contributed by atoms with van der Waals surface area (Å²) in [6, 6.07) is 0. The summed E-state index contributed by atoms with van der Waals surface area (Å²) in [6.07, 6.45) is 0. The van der Waals surface area contributed by atoms with E-state index in [0.717, 1.165) is 0 Å². The summed E-state index contributed by atoms with van der Waals surface area (Å²) in [6.45, 7) is 0. The fourth-order valence-corrected chi connectivity index (χ4v) is 0. The maximum atomic E-state index is 8.88. The van der Waals surface area contributed by atoms with E-state index in [0.29, 0.717) is 0 Å². The number of halogens is 1. The van der Waals surface area contributed by atoms with E-state index in [1.165, 1.54) is 0 Å². The topological polar surface area (TPSA) is 113 Å². The predicted octanol–water partition coefficient (Wildman–Crippen LogP) is -3.23. The first-order valence-electron chi connectivity index (χ1n) is 0.783. The molecule has 0 aliphatic heterocycles. The van der Waals surface area contributed by atoms with Gasteiger partial charge in [-0.2, -0.15) is 0 Å². The van der Waals surface area contributed by atoms with Crippen LogP contribution in [0.25, 0.3) is 0 Å². The quantitative estimate of drug-likeness (QED) is 0.228. The van der Waals surface area contributed by atoms with Crippen molar-refractivity contribution in [1.82, 2.24) is 6.15 Å². The van der Waals surface area contributed by atoms with Gasteiger partial charge in [-0.05, 0) is 0 Å². The number of rotatable bonds is 0. The molecule has 0 bridgehead atoms. The van der Waals surface area contributed by atoms with Crippen LogP contribution in [-0.4, -0.2) is 14.7 Å². The van der Waals surface area contributed by atoms with E-state index in [2.05, 4.69) is 0 Å². The van der Waals surface area contributed by atoms with E-state index in [4.69, 9.17) is 19.2 Å². The van der Waals surface area contributed by atoms with Crippen LogP contribution < -0.4 is 35.7 Å². The second kappa shape index (κ2) is 8.36. The first-order chi connectivity index (χ1) is 2.00. The van der Waals surface area contributed by atoms with Crippen molar-refractivity contribution in [2.24, 2.45) is 0 Å². The van der Waals surface area contributed by atoms with Gasteiger partial charge in [-0.25, -0.2) is 4.57 Å². The van der Waals surface area contributed by atoms with Crippen LogP contribution in [-0.2, 0) is 4.57 Å². The molecule has 0 heterocycles. The van der Waals surface area contributed by atoms with Gasteiger partial charge in [0, 0.05) is 0 Å². The van der Waals surface area contributed by atoms with Gasteiger partial charge < -0.3 is 22.3 Å². The molecule has 0 rings (SSSR count). The molecule has 6 N–H and O–H groups in total. The third-order valence-electron chi connectivity index (χ3n) is 0. The van der Waals surface area contributed by atoms with Crippen molar-refractivity contribution in [3.63, 3.8) is 0 Å².